The Morgan fingerprint density at radius 2 is 2.07 bits per heavy atom. The number of nitrogens with one attached hydrogen (secondary N) is 1. The van der Waals surface area contributed by atoms with Crippen LogP contribution in [0.2, 0.25) is 0 Å². The highest BCUT2D eigenvalue weighted by Crippen LogP contribution is 2.30. The van der Waals surface area contributed by atoms with Crippen LogP contribution in [-0.2, 0) is 13.0 Å². The predicted molar refractivity (Wildman–Crippen MR) is 104 cm³/mol. The summed E-state index contributed by atoms with van der Waals surface area (Å²) in [6, 6.07) is 17.6. The molecule has 4 rings (SSSR count). The number of methoxy groups -OCH3 is 1. The van der Waals surface area contributed by atoms with Crippen molar-refractivity contribution in [2.75, 3.05) is 7.11 Å². The van der Waals surface area contributed by atoms with E-state index in [9.17, 15) is 4.79 Å². The van der Waals surface area contributed by atoms with Gasteiger partial charge in [0.25, 0.3) is 5.91 Å². The Labute approximate surface area is 159 Å². The maximum absolute atomic E-state index is 12.7. The molecule has 0 saturated carbocycles. The zero-order valence-corrected chi connectivity index (χ0v) is 15.4. The first-order valence-electron chi connectivity index (χ1n) is 9.28. The first kappa shape index (κ1) is 17.3. The number of benzene rings is 2. The molecule has 0 aliphatic heterocycles. The van der Waals surface area contributed by atoms with Gasteiger partial charge < -0.3 is 10.1 Å². The van der Waals surface area contributed by atoms with E-state index in [1.165, 1.54) is 11.3 Å². The summed E-state index contributed by atoms with van der Waals surface area (Å²) in [5, 5.41) is 7.77. The molecule has 1 aromatic heterocycles. The van der Waals surface area contributed by atoms with Crippen LogP contribution >= 0.6 is 0 Å². The summed E-state index contributed by atoms with van der Waals surface area (Å²) in [4.78, 5) is 12.7. The normalized spacial score (nSPS) is 15.8. The van der Waals surface area contributed by atoms with E-state index < -0.39 is 0 Å². The first-order valence-corrected chi connectivity index (χ1v) is 9.28. The lowest BCUT2D eigenvalue weighted by Crippen LogP contribution is -2.31. The Morgan fingerprint density at radius 3 is 2.89 bits per heavy atom. The number of ether oxygens (including phenoxy) is 1. The Balaban J connectivity index is 1.52. The monoisotopic (exact) mass is 361 g/mol. The van der Waals surface area contributed by atoms with Gasteiger partial charge in [0.1, 0.15) is 5.75 Å². The summed E-state index contributed by atoms with van der Waals surface area (Å²) in [6.07, 6.45) is 4.87. The fourth-order valence-electron chi connectivity index (χ4n) is 3.67. The number of aromatic nitrogens is 2. The van der Waals surface area contributed by atoms with E-state index in [1.54, 1.807) is 19.2 Å². The standard InChI is InChI=1S/C22H23N3O2/c1-27-18-10-5-9-17(13-18)22(26)24-20-11-6-12-21-19(20)14-23-25(21)15-16-7-3-2-4-8-16/h2-5,7-10,13-14,20H,6,11-12,15H2,1H3,(H,24,26)/t20-/m0/s1. The van der Waals surface area contributed by atoms with Gasteiger partial charge in [0, 0.05) is 16.8 Å². The van der Waals surface area contributed by atoms with Crippen molar-refractivity contribution in [1.29, 1.82) is 0 Å². The van der Waals surface area contributed by atoms with Crippen LogP contribution < -0.4 is 10.1 Å². The van der Waals surface area contributed by atoms with Crippen LogP contribution in [0.3, 0.4) is 0 Å². The first-order chi connectivity index (χ1) is 13.2. The third-order valence-corrected chi connectivity index (χ3v) is 5.08. The van der Waals surface area contributed by atoms with Gasteiger partial charge in [-0.3, -0.25) is 9.48 Å². The van der Waals surface area contributed by atoms with Gasteiger partial charge in [0.15, 0.2) is 0 Å². The van der Waals surface area contributed by atoms with Crippen LogP contribution in [0.1, 0.15) is 46.1 Å². The lowest BCUT2D eigenvalue weighted by Gasteiger charge is -2.24. The van der Waals surface area contributed by atoms with Gasteiger partial charge in [-0.2, -0.15) is 5.10 Å². The summed E-state index contributed by atoms with van der Waals surface area (Å²) in [6.45, 7) is 0.757. The second-order valence-electron chi connectivity index (χ2n) is 6.84. The molecule has 0 bridgehead atoms. The van der Waals surface area contributed by atoms with Crippen LogP contribution in [0.4, 0.5) is 0 Å². The van der Waals surface area contributed by atoms with Crippen molar-refractivity contribution in [2.24, 2.45) is 0 Å². The van der Waals surface area contributed by atoms with Crippen molar-refractivity contribution >= 4 is 5.91 Å². The quantitative estimate of drug-likeness (QED) is 0.753. The molecule has 0 saturated heterocycles. The largest absolute Gasteiger partial charge is 0.497 e. The maximum atomic E-state index is 12.7. The van der Waals surface area contributed by atoms with Gasteiger partial charge in [-0.15, -0.1) is 0 Å². The molecule has 0 fully saturated rings. The minimum absolute atomic E-state index is 0.00280. The molecule has 27 heavy (non-hydrogen) atoms. The molecule has 2 aromatic carbocycles. The lowest BCUT2D eigenvalue weighted by molar-refractivity contribution is 0.0932. The van der Waals surface area contributed by atoms with E-state index in [4.69, 9.17) is 4.74 Å². The SMILES string of the molecule is COc1cccc(C(=O)N[C@H]2CCCc3c2cnn3Cc2ccccc2)c1. The smallest absolute Gasteiger partial charge is 0.251 e. The number of hydrogen-bond donors (Lipinski definition) is 1. The van der Waals surface area contributed by atoms with Crippen LogP contribution in [0.25, 0.3) is 0 Å². The minimum atomic E-state index is -0.0810. The number of carbonyl (C=O) groups excluding carboxylic acids is 1. The molecule has 1 amide bonds. The molecule has 1 aliphatic rings. The summed E-state index contributed by atoms with van der Waals surface area (Å²) >= 11 is 0. The molecule has 0 spiro atoms. The zero-order valence-electron chi connectivity index (χ0n) is 15.4. The number of hydrogen-bond acceptors (Lipinski definition) is 3. The van der Waals surface area contributed by atoms with Gasteiger partial charge in [0.2, 0.25) is 0 Å². The van der Waals surface area contributed by atoms with Crippen LogP contribution in [0.5, 0.6) is 5.75 Å². The van der Waals surface area contributed by atoms with E-state index >= 15 is 0 Å². The Bertz CT molecular complexity index is 934. The van der Waals surface area contributed by atoms with Crippen LogP contribution in [0, 0.1) is 0 Å². The lowest BCUT2D eigenvalue weighted by atomic mass is 9.92. The van der Waals surface area contributed by atoms with E-state index in [1.807, 2.05) is 36.5 Å². The second kappa shape index (κ2) is 7.66. The molecule has 3 aromatic rings. The molecule has 1 heterocycles. The summed E-state index contributed by atoms with van der Waals surface area (Å²) in [7, 11) is 1.60. The Morgan fingerprint density at radius 1 is 1.22 bits per heavy atom. The maximum Gasteiger partial charge on any atom is 0.251 e. The Kier molecular flexibility index (Phi) is 4.92. The van der Waals surface area contributed by atoms with Gasteiger partial charge >= 0.3 is 0 Å². The average molecular weight is 361 g/mol. The fraction of sp³-hybridized carbons (Fsp3) is 0.273. The van der Waals surface area contributed by atoms with E-state index in [-0.39, 0.29) is 11.9 Å². The highest BCUT2D eigenvalue weighted by Gasteiger charge is 2.26. The van der Waals surface area contributed by atoms with Crippen molar-refractivity contribution in [3.05, 3.63) is 83.2 Å². The third kappa shape index (κ3) is 3.72. The van der Waals surface area contributed by atoms with Crippen molar-refractivity contribution in [3.8, 4) is 5.75 Å². The topological polar surface area (TPSA) is 56.1 Å². The number of carbonyl (C=O) groups is 1. The van der Waals surface area contributed by atoms with E-state index in [0.717, 1.165) is 31.4 Å². The van der Waals surface area contributed by atoms with E-state index in [0.29, 0.717) is 11.3 Å². The van der Waals surface area contributed by atoms with Gasteiger partial charge in [0.05, 0.1) is 25.9 Å². The molecule has 5 nitrogen and oxygen atoms in total. The number of rotatable bonds is 5. The van der Waals surface area contributed by atoms with Crippen LogP contribution in [-0.4, -0.2) is 22.8 Å². The summed E-state index contributed by atoms with van der Waals surface area (Å²) < 4.78 is 7.28. The summed E-state index contributed by atoms with van der Waals surface area (Å²) in [5.41, 5.74) is 4.19. The second-order valence-corrected chi connectivity index (χ2v) is 6.84. The van der Waals surface area contributed by atoms with Crippen molar-refractivity contribution in [3.63, 3.8) is 0 Å². The summed E-state index contributed by atoms with van der Waals surface area (Å²) in [5.74, 6) is 0.602. The molecule has 1 N–H and O–H groups in total. The van der Waals surface area contributed by atoms with Crippen LogP contribution in [0.15, 0.2) is 60.8 Å². The fourth-order valence-corrected chi connectivity index (χ4v) is 3.67. The molecular weight excluding hydrogens is 338 g/mol. The molecule has 5 heteroatoms. The zero-order chi connectivity index (χ0) is 18.6. The van der Waals surface area contributed by atoms with Crippen molar-refractivity contribution in [2.45, 2.75) is 31.8 Å². The van der Waals surface area contributed by atoms with Crippen molar-refractivity contribution in [1.82, 2.24) is 15.1 Å². The highest BCUT2D eigenvalue weighted by atomic mass is 16.5. The predicted octanol–water partition coefficient (Wildman–Crippen LogP) is 3.75. The average Bonchev–Trinajstić information content (AvgIpc) is 3.12. The Hall–Kier alpha value is -3.08. The number of fused-ring (bicyclic) bond motifs is 1. The number of nitrogens with zero attached hydrogens (tertiary/aromatic N) is 2. The molecule has 0 unspecified atom stereocenters. The molecular formula is C22H23N3O2. The minimum Gasteiger partial charge on any atom is -0.497 e. The van der Waals surface area contributed by atoms with Crippen molar-refractivity contribution < 1.29 is 9.53 Å². The number of amides is 1. The molecule has 138 valence electrons. The molecule has 1 aliphatic carbocycles. The highest BCUT2D eigenvalue weighted by molar-refractivity contribution is 5.94. The molecule has 0 radical (unpaired) electrons. The van der Waals surface area contributed by atoms with Gasteiger partial charge in [-0.1, -0.05) is 36.4 Å². The van der Waals surface area contributed by atoms with Gasteiger partial charge in [-0.25, -0.2) is 0 Å². The van der Waals surface area contributed by atoms with E-state index in [2.05, 4.69) is 27.2 Å². The third-order valence-electron chi connectivity index (χ3n) is 5.08. The molecule has 1 atom stereocenters. The van der Waals surface area contributed by atoms with Gasteiger partial charge in [-0.05, 0) is 43.0 Å².